The maximum absolute atomic E-state index is 12.0. The molecule has 1 spiro atoms. The molecule has 0 bridgehead atoms. The summed E-state index contributed by atoms with van der Waals surface area (Å²) in [6, 6.07) is 0. The summed E-state index contributed by atoms with van der Waals surface area (Å²) in [4.78, 5) is 24.5. The third kappa shape index (κ3) is 4.33. The lowest BCUT2D eigenvalue weighted by atomic mass is 9.84. The SMILES string of the molecule is CC(C)(C)OC(=O)N1CCC2(CC1)C[C@@H](CC(=O)O)CO2. The molecule has 120 valence electrons. The van der Waals surface area contributed by atoms with Gasteiger partial charge >= 0.3 is 12.1 Å². The van der Waals surface area contributed by atoms with Gasteiger partial charge in [-0.3, -0.25) is 4.79 Å². The van der Waals surface area contributed by atoms with Crippen LogP contribution in [0.25, 0.3) is 0 Å². The molecular formula is C15H25NO5. The first kappa shape index (κ1) is 16.1. The molecule has 0 aliphatic carbocycles. The van der Waals surface area contributed by atoms with Crippen molar-refractivity contribution in [3.63, 3.8) is 0 Å². The van der Waals surface area contributed by atoms with Crippen LogP contribution in [0.5, 0.6) is 0 Å². The van der Waals surface area contributed by atoms with E-state index in [0.717, 1.165) is 19.3 Å². The second-order valence-corrected chi connectivity index (χ2v) is 7.13. The molecule has 6 heteroatoms. The summed E-state index contributed by atoms with van der Waals surface area (Å²) in [7, 11) is 0. The summed E-state index contributed by atoms with van der Waals surface area (Å²) < 4.78 is 11.3. The van der Waals surface area contributed by atoms with Crippen LogP contribution in [0, 0.1) is 5.92 Å². The third-order valence-electron chi connectivity index (χ3n) is 4.08. The molecule has 0 unspecified atom stereocenters. The van der Waals surface area contributed by atoms with Gasteiger partial charge in [0.15, 0.2) is 0 Å². The molecule has 2 aliphatic rings. The number of carbonyl (C=O) groups is 2. The minimum absolute atomic E-state index is 0.0931. The normalized spacial score (nSPS) is 25.1. The van der Waals surface area contributed by atoms with Crippen LogP contribution in [0.4, 0.5) is 4.79 Å². The van der Waals surface area contributed by atoms with Crippen LogP contribution < -0.4 is 0 Å². The molecule has 1 N–H and O–H groups in total. The van der Waals surface area contributed by atoms with Gasteiger partial charge in [-0.1, -0.05) is 0 Å². The number of carboxylic acids is 1. The Morgan fingerprint density at radius 1 is 1.33 bits per heavy atom. The molecule has 2 saturated heterocycles. The average Bonchev–Trinajstić information content (AvgIpc) is 2.70. The largest absolute Gasteiger partial charge is 0.481 e. The van der Waals surface area contributed by atoms with E-state index in [1.54, 1.807) is 4.90 Å². The Morgan fingerprint density at radius 3 is 2.48 bits per heavy atom. The lowest BCUT2D eigenvalue weighted by molar-refractivity contribution is -0.138. The summed E-state index contributed by atoms with van der Waals surface area (Å²) >= 11 is 0. The van der Waals surface area contributed by atoms with E-state index in [1.807, 2.05) is 20.8 Å². The van der Waals surface area contributed by atoms with E-state index < -0.39 is 11.6 Å². The Hall–Kier alpha value is -1.30. The Kier molecular flexibility index (Phi) is 4.46. The minimum atomic E-state index is -0.771. The maximum atomic E-state index is 12.0. The molecule has 1 atom stereocenters. The first-order valence-electron chi connectivity index (χ1n) is 7.53. The lowest BCUT2D eigenvalue weighted by Crippen LogP contribution is -2.47. The summed E-state index contributed by atoms with van der Waals surface area (Å²) in [5.41, 5.74) is -0.721. The van der Waals surface area contributed by atoms with Crippen LogP contribution in [0.1, 0.15) is 46.5 Å². The van der Waals surface area contributed by atoms with Gasteiger partial charge in [0.1, 0.15) is 5.60 Å². The van der Waals surface area contributed by atoms with Crippen molar-refractivity contribution in [1.82, 2.24) is 4.90 Å². The van der Waals surface area contributed by atoms with Crippen molar-refractivity contribution in [2.75, 3.05) is 19.7 Å². The van der Waals surface area contributed by atoms with E-state index in [0.29, 0.717) is 19.7 Å². The van der Waals surface area contributed by atoms with Crippen LogP contribution in [-0.4, -0.2) is 53.0 Å². The zero-order chi connectivity index (χ0) is 15.7. The molecule has 2 heterocycles. The Labute approximate surface area is 125 Å². The minimum Gasteiger partial charge on any atom is -0.481 e. The van der Waals surface area contributed by atoms with Crippen molar-refractivity contribution in [2.45, 2.75) is 57.7 Å². The van der Waals surface area contributed by atoms with Gasteiger partial charge in [-0.2, -0.15) is 0 Å². The zero-order valence-electron chi connectivity index (χ0n) is 13.1. The van der Waals surface area contributed by atoms with Crippen molar-refractivity contribution < 1.29 is 24.2 Å². The zero-order valence-corrected chi connectivity index (χ0v) is 13.1. The average molecular weight is 299 g/mol. The lowest BCUT2D eigenvalue weighted by Gasteiger charge is -2.39. The number of ether oxygens (including phenoxy) is 2. The smallest absolute Gasteiger partial charge is 0.410 e. The van der Waals surface area contributed by atoms with Crippen molar-refractivity contribution in [3.8, 4) is 0 Å². The van der Waals surface area contributed by atoms with E-state index in [2.05, 4.69) is 0 Å². The summed E-state index contributed by atoms with van der Waals surface area (Å²) in [5, 5.41) is 8.86. The van der Waals surface area contributed by atoms with Crippen LogP contribution in [0.3, 0.4) is 0 Å². The standard InChI is InChI=1S/C15H25NO5/c1-14(2,3)21-13(19)16-6-4-15(5-7-16)9-11(10-20-15)8-12(17)18/h11H,4-10H2,1-3H3,(H,17,18)/t11-/m1/s1. The van der Waals surface area contributed by atoms with Gasteiger partial charge in [0, 0.05) is 13.1 Å². The van der Waals surface area contributed by atoms with E-state index in [-0.39, 0.29) is 24.0 Å². The van der Waals surface area contributed by atoms with Crippen LogP contribution in [0.15, 0.2) is 0 Å². The number of carbonyl (C=O) groups excluding carboxylic acids is 1. The monoisotopic (exact) mass is 299 g/mol. The van der Waals surface area contributed by atoms with E-state index in [4.69, 9.17) is 14.6 Å². The highest BCUT2D eigenvalue weighted by Gasteiger charge is 2.44. The topological polar surface area (TPSA) is 76.1 Å². The van der Waals surface area contributed by atoms with Gasteiger partial charge in [0.25, 0.3) is 0 Å². The number of nitrogens with zero attached hydrogens (tertiary/aromatic N) is 1. The number of rotatable bonds is 2. The number of likely N-dealkylation sites (tertiary alicyclic amines) is 1. The van der Waals surface area contributed by atoms with Gasteiger partial charge in [-0.15, -0.1) is 0 Å². The van der Waals surface area contributed by atoms with Gasteiger partial charge < -0.3 is 19.5 Å². The van der Waals surface area contributed by atoms with E-state index in [1.165, 1.54) is 0 Å². The molecule has 21 heavy (non-hydrogen) atoms. The molecule has 2 rings (SSSR count). The molecule has 0 aromatic carbocycles. The van der Waals surface area contributed by atoms with Gasteiger partial charge in [-0.05, 0) is 46.0 Å². The summed E-state index contributed by atoms with van der Waals surface area (Å²) in [5.74, 6) is -0.678. The van der Waals surface area contributed by atoms with Crippen molar-refractivity contribution in [2.24, 2.45) is 5.92 Å². The molecular weight excluding hydrogens is 274 g/mol. The van der Waals surface area contributed by atoms with Crippen LogP contribution in [-0.2, 0) is 14.3 Å². The van der Waals surface area contributed by atoms with Gasteiger partial charge in [0.05, 0.1) is 18.6 Å². The number of aliphatic carboxylic acids is 1. The number of piperidine rings is 1. The highest BCUT2D eigenvalue weighted by molar-refractivity contribution is 5.68. The van der Waals surface area contributed by atoms with Gasteiger partial charge in [-0.25, -0.2) is 4.79 Å². The number of carboxylic acid groups (broad SMARTS) is 1. The first-order chi connectivity index (χ1) is 9.69. The summed E-state index contributed by atoms with van der Waals surface area (Å²) in [6.07, 6.45) is 2.17. The Bertz CT molecular complexity index is 407. The second-order valence-electron chi connectivity index (χ2n) is 7.13. The molecule has 1 amide bonds. The maximum Gasteiger partial charge on any atom is 0.410 e. The van der Waals surface area contributed by atoms with E-state index in [9.17, 15) is 9.59 Å². The molecule has 6 nitrogen and oxygen atoms in total. The van der Waals surface area contributed by atoms with Crippen molar-refractivity contribution in [3.05, 3.63) is 0 Å². The Balaban J connectivity index is 1.83. The predicted molar refractivity (Wildman–Crippen MR) is 76.1 cm³/mol. The quantitative estimate of drug-likeness (QED) is 0.846. The highest BCUT2D eigenvalue weighted by atomic mass is 16.6. The van der Waals surface area contributed by atoms with E-state index >= 15 is 0 Å². The number of amides is 1. The Morgan fingerprint density at radius 2 is 1.95 bits per heavy atom. The molecule has 0 radical (unpaired) electrons. The fourth-order valence-corrected chi connectivity index (χ4v) is 3.09. The summed E-state index contributed by atoms with van der Waals surface area (Å²) in [6.45, 7) is 7.29. The fraction of sp³-hybridized carbons (Fsp3) is 0.867. The van der Waals surface area contributed by atoms with Crippen molar-refractivity contribution in [1.29, 1.82) is 0 Å². The predicted octanol–water partition coefficient (Wildman–Crippen LogP) is 2.27. The second kappa shape index (κ2) is 5.83. The van der Waals surface area contributed by atoms with Gasteiger partial charge in [0.2, 0.25) is 0 Å². The number of hydrogen-bond acceptors (Lipinski definition) is 4. The van der Waals surface area contributed by atoms with Crippen LogP contribution in [0.2, 0.25) is 0 Å². The highest BCUT2D eigenvalue weighted by Crippen LogP contribution is 2.39. The fourth-order valence-electron chi connectivity index (χ4n) is 3.09. The van der Waals surface area contributed by atoms with Crippen LogP contribution >= 0.6 is 0 Å². The first-order valence-corrected chi connectivity index (χ1v) is 7.53. The van der Waals surface area contributed by atoms with Crippen molar-refractivity contribution >= 4 is 12.1 Å². The molecule has 0 saturated carbocycles. The third-order valence-corrected chi connectivity index (χ3v) is 4.08. The molecule has 2 aliphatic heterocycles. The number of hydrogen-bond donors (Lipinski definition) is 1. The molecule has 2 fully saturated rings. The molecule has 0 aromatic rings. The molecule has 0 aromatic heterocycles.